The SMILES string of the molecule is CC(C)CNC(=O)CNCc1cncn1C1CC1. The van der Waals surface area contributed by atoms with Crippen molar-refractivity contribution in [3.8, 4) is 0 Å². The first kappa shape index (κ1) is 13.1. The molecule has 5 nitrogen and oxygen atoms in total. The van der Waals surface area contributed by atoms with Crippen LogP contribution in [-0.4, -0.2) is 28.5 Å². The van der Waals surface area contributed by atoms with Gasteiger partial charge in [-0.1, -0.05) is 13.8 Å². The summed E-state index contributed by atoms with van der Waals surface area (Å²) in [4.78, 5) is 15.7. The zero-order valence-corrected chi connectivity index (χ0v) is 11.1. The van der Waals surface area contributed by atoms with Gasteiger partial charge in [0.25, 0.3) is 0 Å². The first-order chi connectivity index (χ1) is 8.66. The van der Waals surface area contributed by atoms with E-state index in [1.165, 1.54) is 12.8 Å². The molecule has 0 spiro atoms. The molecule has 0 aliphatic heterocycles. The lowest BCUT2D eigenvalue weighted by Gasteiger charge is -2.09. The van der Waals surface area contributed by atoms with Crippen LogP contribution in [0, 0.1) is 5.92 Å². The minimum Gasteiger partial charge on any atom is -0.355 e. The van der Waals surface area contributed by atoms with E-state index in [0.29, 0.717) is 25.0 Å². The monoisotopic (exact) mass is 250 g/mol. The van der Waals surface area contributed by atoms with E-state index in [1.807, 2.05) is 12.5 Å². The van der Waals surface area contributed by atoms with Crippen molar-refractivity contribution in [3.63, 3.8) is 0 Å². The van der Waals surface area contributed by atoms with Crippen LogP contribution < -0.4 is 10.6 Å². The molecule has 1 aromatic rings. The number of carbonyl (C=O) groups excluding carboxylic acids is 1. The highest BCUT2D eigenvalue weighted by molar-refractivity contribution is 5.77. The van der Waals surface area contributed by atoms with Gasteiger partial charge in [0.2, 0.25) is 5.91 Å². The highest BCUT2D eigenvalue weighted by Gasteiger charge is 2.24. The van der Waals surface area contributed by atoms with Gasteiger partial charge in [-0.05, 0) is 18.8 Å². The second-order valence-corrected chi connectivity index (χ2v) is 5.32. The topological polar surface area (TPSA) is 59.0 Å². The molecule has 1 fully saturated rings. The standard InChI is InChI=1S/C13H22N4O/c1-10(2)5-16-13(18)8-14-6-12-7-15-9-17(12)11-3-4-11/h7,9-11,14H,3-6,8H2,1-2H3,(H,16,18). The summed E-state index contributed by atoms with van der Waals surface area (Å²) in [5.74, 6) is 0.548. The largest absolute Gasteiger partial charge is 0.355 e. The van der Waals surface area contributed by atoms with Crippen LogP contribution in [0.5, 0.6) is 0 Å². The minimum atomic E-state index is 0.0567. The smallest absolute Gasteiger partial charge is 0.233 e. The number of imidazole rings is 1. The molecule has 1 heterocycles. The van der Waals surface area contributed by atoms with Crippen LogP contribution >= 0.6 is 0 Å². The molecule has 1 saturated carbocycles. The van der Waals surface area contributed by atoms with Gasteiger partial charge in [0.15, 0.2) is 0 Å². The van der Waals surface area contributed by atoms with E-state index in [4.69, 9.17) is 0 Å². The predicted octanol–water partition coefficient (Wildman–Crippen LogP) is 1.08. The van der Waals surface area contributed by atoms with Crippen molar-refractivity contribution in [2.45, 2.75) is 39.3 Å². The number of nitrogens with one attached hydrogen (secondary N) is 2. The number of amides is 1. The fourth-order valence-corrected chi connectivity index (χ4v) is 1.84. The van der Waals surface area contributed by atoms with Crippen molar-refractivity contribution >= 4 is 5.91 Å². The van der Waals surface area contributed by atoms with Gasteiger partial charge in [-0.25, -0.2) is 4.98 Å². The molecule has 100 valence electrons. The molecular weight excluding hydrogens is 228 g/mol. The van der Waals surface area contributed by atoms with Crippen LogP contribution in [0.2, 0.25) is 0 Å². The Bertz CT molecular complexity index is 395. The summed E-state index contributed by atoms with van der Waals surface area (Å²) in [6.07, 6.45) is 6.25. The van der Waals surface area contributed by atoms with E-state index in [1.54, 1.807) is 0 Å². The third kappa shape index (κ3) is 3.84. The average Bonchev–Trinajstić information content (AvgIpc) is 3.07. The minimum absolute atomic E-state index is 0.0567. The van der Waals surface area contributed by atoms with Gasteiger partial charge in [0.1, 0.15) is 0 Å². The fraction of sp³-hybridized carbons (Fsp3) is 0.692. The van der Waals surface area contributed by atoms with Crippen molar-refractivity contribution in [2.24, 2.45) is 5.92 Å². The van der Waals surface area contributed by atoms with Crippen molar-refractivity contribution in [2.75, 3.05) is 13.1 Å². The van der Waals surface area contributed by atoms with Gasteiger partial charge in [-0.15, -0.1) is 0 Å². The molecular formula is C13H22N4O. The average molecular weight is 250 g/mol. The summed E-state index contributed by atoms with van der Waals surface area (Å²) in [5, 5.41) is 6.05. The lowest BCUT2D eigenvalue weighted by Crippen LogP contribution is -2.35. The van der Waals surface area contributed by atoms with Crippen LogP contribution in [0.3, 0.4) is 0 Å². The summed E-state index contributed by atoms with van der Waals surface area (Å²) in [6.45, 7) is 5.97. The van der Waals surface area contributed by atoms with Gasteiger partial charge in [-0.2, -0.15) is 0 Å². The van der Waals surface area contributed by atoms with E-state index >= 15 is 0 Å². The lowest BCUT2D eigenvalue weighted by atomic mass is 10.2. The third-order valence-corrected chi connectivity index (χ3v) is 2.99. The quantitative estimate of drug-likeness (QED) is 0.761. The van der Waals surface area contributed by atoms with E-state index in [0.717, 1.165) is 12.2 Å². The molecule has 0 aromatic carbocycles. The van der Waals surface area contributed by atoms with Gasteiger partial charge in [0, 0.05) is 25.3 Å². The molecule has 18 heavy (non-hydrogen) atoms. The normalized spacial score (nSPS) is 15.1. The Balaban J connectivity index is 1.68. The van der Waals surface area contributed by atoms with E-state index in [2.05, 4.69) is 34.0 Å². The van der Waals surface area contributed by atoms with E-state index in [9.17, 15) is 4.79 Å². The first-order valence-electron chi connectivity index (χ1n) is 6.65. The zero-order chi connectivity index (χ0) is 13.0. The molecule has 2 N–H and O–H groups in total. The Morgan fingerprint density at radius 1 is 1.56 bits per heavy atom. The number of aromatic nitrogens is 2. The molecule has 0 saturated heterocycles. The molecule has 0 radical (unpaired) electrons. The zero-order valence-electron chi connectivity index (χ0n) is 11.1. The summed E-state index contributed by atoms with van der Waals surface area (Å²) in [5.41, 5.74) is 1.16. The molecule has 0 bridgehead atoms. The second-order valence-electron chi connectivity index (χ2n) is 5.32. The van der Waals surface area contributed by atoms with Gasteiger partial charge in [-0.3, -0.25) is 4.79 Å². The summed E-state index contributed by atoms with van der Waals surface area (Å²) in [7, 11) is 0. The number of hydrogen-bond acceptors (Lipinski definition) is 3. The molecule has 1 aliphatic carbocycles. The fourth-order valence-electron chi connectivity index (χ4n) is 1.84. The van der Waals surface area contributed by atoms with Crippen molar-refractivity contribution in [1.82, 2.24) is 20.2 Å². The third-order valence-electron chi connectivity index (χ3n) is 2.99. The highest BCUT2D eigenvalue weighted by atomic mass is 16.1. The maximum absolute atomic E-state index is 11.5. The Hall–Kier alpha value is -1.36. The first-order valence-corrected chi connectivity index (χ1v) is 6.65. The van der Waals surface area contributed by atoms with Crippen molar-refractivity contribution in [3.05, 3.63) is 18.2 Å². The van der Waals surface area contributed by atoms with Gasteiger partial charge >= 0.3 is 0 Å². The summed E-state index contributed by atoms with van der Waals surface area (Å²) >= 11 is 0. The Labute approximate surface area is 108 Å². The van der Waals surface area contributed by atoms with Gasteiger partial charge < -0.3 is 15.2 Å². The van der Waals surface area contributed by atoms with Crippen LogP contribution in [0.15, 0.2) is 12.5 Å². The molecule has 0 unspecified atom stereocenters. The Morgan fingerprint density at radius 3 is 3.00 bits per heavy atom. The molecule has 2 rings (SSSR count). The maximum atomic E-state index is 11.5. The molecule has 1 aliphatic rings. The number of rotatable bonds is 7. The van der Waals surface area contributed by atoms with Crippen LogP contribution in [-0.2, 0) is 11.3 Å². The van der Waals surface area contributed by atoms with E-state index < -0.39 is 0 Å². The van der Waals surface area contributed by atoms with Crippen molar-refractivity contribution in [1.29, 1.82) is 0 Å². The molecule has 5 heteroatoms. The van der Waals surface area contributed by atoms with Crippen LogP contribution in [0.4, 0.5) is 0 Å². The summed E-state index contributed by atoms with van der Waals surface area (Å²) < 4.78 is 2.21. The van der Waals surface area contributed by atoms with Gasteiger partial charge in [0.05, 0.1) is 18.6 Å². The second kappa shape index (κ2) is 6.00. The Morgan fingerprint density at radius 2 is 2.33 bits per heavy atom. The number of nitrogens with zero attached hydrogens (tertiary/aromatic N) is 2. The van der Waals surface area contributed by atoms with Crippen molar-refractivity contribution < 1.29 is 4.79 Å². The maximum Gasteiger partial charge on any atom is 0.233 e. The highest BCUT2D eigenvalue weighted by Crippen LogP contribution is 2.35. The number of carbonyl (C=O) groups is 1. The summed E-state index contributed by atoms with van der Waals surface area (Å²) in [6, 6.07) is 0.638. The predicted molar refractivity (Wildman–Crippen MR) is 70.1 cm³/mol. The number of hydrogen-bond donors (Lipinski definition) is 2. The molecule has 1 aromatic heterocycles. The molecule has 0 atom stereocenters. The van der Waals surface area contributed by atoms with Crippen LogP contribution in [0.25, 0.3) is 0 Å². The van der Waals surface area contributed by atoms with Crippen LogP contribution in [0.1, 0.15) is 38.4 Å². The molecule has 1 amide bonds. The lowest BCUT2D eigenvalue weighted by molar-refractivity contribution is -0.120. The van der Waals surface area contributed by atoms with E-state index in [-0.39, 0.29) is 5.91 Å². The Kier molecular flexibility index (Phi) is 4.36.